The number of aliphatic hydroxyl groups is 1. The quantitative estimate of drug-likeness (QED) is 0.900. The minimum atomic E-state index is -0.580. The van der Waals surface area contributed by atoms with Gasteiger partial charge in [-0.15, -0.1) is 0 Å². The van der Waals surface area contributed by atoms with Gasteiger partial charge in [-0.2, -0.15) is 0 Å². The first-order chi connectivity index (χ1) is 9.18. The molecule has 3 rings (SSSR count). The van der Waals surface area contributed by atoms with Gasteiger partial charge in [0.15, 0.2) is 0 Å². The van der Waals surface area contributed by atoms with Crippen molar-refractivity contribution in [1.29, 1.82) is 0 Å². The number of aromatic nitrogens is 2. The molecule has 2 aromatic rings. The van der Waals surface area contributed by atoms with E-state index in [4.69, 9.17) is 23.2 Å². The molecule has 0 radical (unpaired) electrons. The summed E-state index contributed by atoms with van der Waals surface area (Å²) in [4.78, 5) is 4.11. The van der Waals surface area contributed by atoms with Crippen molar-refractivity contribution in [2.24, 2.45) is 5.92 Å². The zero-order chi connectivity index (χ0) is 13.4. The van der Waals surface area contributed by atoms with E-state index >= 15 is 0 Å². The summed E-state index contributed by atoms with van der Waals surface area (Å²) in [6.45, 7) is 0. The lowest BCUT2D eigenvalue weighted by atomic mass is 9.84. The molecule has 0 spiro atoms. The van der Waals surface area contributed by atoms with Gasteiger partial charge < -0.3 is 5.11 Å². The van der Waals surface area contributed by atoms with Gasteiger partial charge in [-0.25, -0.2) is 4.98 Å². The van der Waals surface area contributed by atoms with E-state index in [1.165, 1.54) is 19.3 Å². The summed E-state index contributed by atoms with van der Waals surface area (Å²) >= 11 is 12.5. The van der Waals surface area contributed by atoms with Crippen molar-refractivity contribution >= 4 is 28.7 Å². The molecule has 1 saturated carbocycles. The number of fused-ring (bicyclic) bond motifs is 1. The summed E-state index contributed by atoms with van der Waals surface area (Å²) in [6, 6.07) is 1.77. The van der Waals surface area contributed by atoms with Crippen LogP contribution in [0.25, 0.3) is 5.52 Å². The monoisotopic (exact) mass is 298 g/mol. The average Bonchev–Trinajstić information content (AvgIpc) is 2.88. The maximum atomic E-state index is 10.7. The van der Waals surface area contributed by atoms with E-state index in [1.54, 1.807) is 18.6 Å². The van der Waals surface area contributed by atoms with Gasteiger partial charge in [0.2, 0.25) is 0 Å². The molecular formula is C14H16Cl2N2O. The molecule has 5 heteroatoms. The second kappa shape index (κ2) is 5.31. The molecule has 0 amide bonds. The van der Waals surface area contributed by atoms with Crippen LogP contribution in [0.5, 0.6) is 0 Å². The van der Waals surface area contributed by atoms with Gasteiger partial charge >= 0.3 is 0 Å². The highest BCUT2D eigenvalue weighted by molar-refractivity contribution is 6.42. The minimum Gasteiger partial charge on any atom is -0.387 e. The minimum absolute atomic E-state index is 0.260. The first-order valence-electron chi connectivity index (χ1n) is 6.66. The van der Waals surface area contributed by atoms with E-state index in [-0.39, 0.29) is 5.92 Å². The number of hydrogen-bond donors (Lipinski definition) is 1. The largest absolute Gasteiger partial charge is 0.387 e. The van der Waals surface area contributed by atoms with Crippen LogP contribution < -0.4 is 0 Å². The Labute approximate surface area is 122 Å². The molecular weight excluding hydrogens is 283 g/mol. The van der Waals surface area contributed by atoms with Gasteiger partial charge in [-0.05, 0) is 24.8 Å². The summed E-state index contributed by atoms with van der Waals surface area (Å²) in [7, 11) is 0. The van der Waals surface area contributed by atoms with Crippen LogP contribution in [0.1, 0.15) is 43.9 Å². The van der Waals surface area contributed by atoms with Crippen molar-refractivity contribution in [3.05, 3.63) is 34.3 Å². The van der Waals surface area contributed by atoms with E-state index in [9.17, 15) is 5.11 Å². The summed E-state index contributed by atoms with van der Waals surface area (Å²) < 4.78 is 1.84. The topological polar surface area (TPSA) is 37.5 Å². The van der Waals surface area contributed by atoms with Crippen LogP contribution in [0.15, 0.2) is 18.6 Å². The maximum Gasteiger partial charge on any atom is 0.0995 e. The molecule has 1 aliphatic carbocycles. The highest BCUT2D eigenvalue weighted by atomic mass is 35.5. The predicted molar refractivity (Wildman–Crippen MR) is 76.7 cm³/mol. The highest BCUT2D eigenvalue weighted by Crippen LogP contribution is 2.39. The van der Waals surface area contributed by atoms with E-state index in [0.717, 1.165) is 18.4 Å². The zero-order valence-corrected chi connectivity index (χ0v) is 12.0. The van der Waals surface area contributed by atoms with Gasteiger partial charge in [-0.3, -0.25) is 4.40 Å². The number of halogens is 2. The van der Waals surface area contributed by atoms with Crippen molar-refractivity contribution < 1.29 is 5.11 Å². The molecule has 2 aromatic heterocycles. The summed E-state index contributed by atoms with van der Waals surface area (Å²) in [6.07, 6.45) is 8.51. The molecule has 3 nitrogen and oxygen atoms in total. The number of rotatable bonds is 2. The summed E-state index contributed by atoms with van der Waals surface area (Å²) in [5.41, 5.74) is 1.54. The van der Waals surface area contributed by atoms with Crippen LogP contribution in [-0.4, -0.2) is 14.5 Å². The molecule has 1 N–H and O–H groups in total. The second-order valence-corrected chi connectivity index (χ2v) is 6.01. The van der Waals surface area contributed by atoms with Crippen molar-refractivity contribution in [1.82, 2.24) is 9.38 Å². The molecule has 102 valence electrons. The van der Waals surface area contributed by atoms with E-state index in [2.05, 4.69) is 4.98 Å². The van der Waals surface area contributed by atoms with E-state index < -0.39 is 6.10 Å². The van der Waals surface area contributed by atoms with E-state index in [0.29, 0.717) is 15.7 Å². The van der Waals surface area contributed by atoms with Gasteiger partial charge in [0.1, 0.15) is 0 Å². The third-order valence-corrected chi connectivity index (χ3v) is 4.80. The number of nitrogens with zero attached hydrogens (tertiary/aromatic N) is 2. The molecule has 0 aromatic carbocycles. The number of aliphatic hydroxyl groups excluding tert-OH is 1. The van der Waals surface area contributed by atoms with Gasteiger partial charge in [0, 0.05) is 0 Å². The number of hydrogen-bond acceptors (Lipinski definition) is 2. The maximum absolute atomic E-state index is 10.7. The van der Waals surface area contributed by atoms with Crippen molar-refractivity contribution in [3.63, 3.8) is 0 Å². The first-order valence-corrected chi connectivity index (χ1v) is 7.42. The molecule has 1 atom stereocenters. The average molecular weight is 299 g/mol. The fraction of sp³-hybridized carbons (Fsp3) is 0.500. The Morgan fingerprint density at radius 3 is 2.74 bits per heavy atom. The van der Waals surface area contributed by atoms with Gasteiger partial charge in [0.25, 0.3) is 0 Å². The van der Waals surface area contributed by atoms with Crippen LogP contribution in [0.2, 0.25) is 10.0 Å². The Bertz CT molecular complexity index is 590. The molecule has 1 fully saturated rings. The van der Waals surface area contributed by atoms with Crippen LogP contribution >= 0.6 is 23.2 Å². The second-order valence-electron chi connectivity index (χ2n) is 5.22. The van der Waals surface area contributed by atoms with Crippen LogP contribution in [0.4, 0.5) is 0 Å². The molecule has 2 heterocycles. The van der Waals surface area contributed by atoms with Crippen LogP contribution in [-0.2, 0) is 0 Å². The van der Waals surface area contributed by atoms with Crippen LogP contribution in [0.3, 0.4) is 0 Å². The molecule has 0 saturated heterocycles. The molecule has 0 bridgehead atoms. The Kier molecular flexibility index (Phi) is 3.70. The fourth-order valence-corrected chi connectivity index (χ4v) is 3.45. The lowest BCUT2D eigenvalue weighted by Gasteiger charge is -2.28. The SMILES string of the molecule is O[C@H](c1c(Cl)c(Cl)cc2cncn12)C1CCCCC1. The fourth-order valence-electron chi connectivity index (χ4n) is 2.98. The Morgan fingerprint density at radius 2 is 2.00 bits per heavy atom. The molecule has 19 heavy (non-hydrogen) atoms. The standard InChI is InChI=1S/C14H16Cl2N2O/c15-11-6-10-7-17-8-18(10)13(12(11)16)14(19)9-4-2-1-3-5-9/h6-9,14,19H,1-5H2/t14-/m0/s1. The predicted octanol–water partition coefficient (Wildman–Crippen LogP) is 4.25. The normalized spacial score (nSPS) is 18.9. The highest BCUT2D eigenvalue weighted by Gasteiger charge is 2.27. The van der Waals surface area contributed by atoms with Gasteiger partial charge in [-0.1, -0.05) is 42.5 Å². The Morgan fingerprint density at radius 1 is 1.26 bits per heavy atom. The Hall–Kier alpha value is -0.770. The zero-order valence-electron chi connectivity index (χ0n) is 10.5. The third kappa shape index (κ3) is 2.35. The van der Waals surface area contributed by atoms with E-state index in [1.807, 2.05) is 4.40 Å². The van der Waals surface area contributed by atoms with Crippen molar-refractivity contribution in [2.75, 3.05) is 0 Å². The smallest absolute Gasteiger partial charge is 0.0995 e. The Balaban J connectivity index is 2.07. The lowest BCUT2D eigenvalue weighted by molar-refractivity contribution is 0.0802. The molecule has 0 unspecified atom stereocenters. The van der Waals surface area contributed by atoms with Crippen LogP contribution in [0, 0.1) is 5.92 Å². The first kappa shape index (κ1) is 13.2. The number of imidazole rings is 1. The summed E-state index contributed by atoms with van der Waals surface area (Å²) in [5.74, 6) is 0.260. The number of pyridine rings is 1. The molecule has 0 aliphatic heterocycles. The van der Waals surface area contributed by atoms with Crippen molar-refractivity contribution in [3.8, 4) is 0 Å². The molecule has 1 aliphatic rings. The van der Waals surface area contributed by atoms with Crippen molar-refractivity contribution in [2.45, 2.75) is 38.2 Å². The summed E-state index contributed by atoms with van der Waals surface area (Å²) in [5, 5.41) is 11.6. The van der Waals surface area contributed by atoms with Gasteiger partial charge in [0.05, 0.1) is 39.9 Å². The third-order valence-electron chi connectivity index (χ3n) is 4.01. The lowest BCUT2D eigenvalue weighted by Crippen LogP contribution is -2.18.